The molecule has 0 radical (unpaired) electrons. The molecule has 0 aliphatic rings. The summed E-state index contributed by atoms with van der Waals surface area (Å²) < 4.78 is 5.11. The quantitative estimate of drug-likeness (QED) is 0.559. The Hall–Kier alpha value is -2.47. The predicted octanol–water partition coefficient (Wildman–Crippen LogP) is 3.70. The highest BCUT2D eigenvalue weighted by atomic mass is 32.1. The van der Waals surface area contributed by atoms with Crippen LogP contribution in [-0.2, 0) is 9.53 Å². The number of amides is 1. The van der Waals surface area contributed by atoms with Crippen molar-refractivity contribution in [2.75, 3.05) is 19.7 Å². The van der Waals surface area contributed by atoms with Gasteiger partial charge in [0.25, 0.3) is 5.91 Å². The van der Waals surface area contributed by atoms with E-state index in [0.717, 1.165) is 21.7 Å². The summed E-state index contributed by atoms with van der Waals surface area (Å²) in [6.07, 6.45) is 0. The van der Waals surface area contributed by atoms with E-state index in [1.165, 1.54) is 11.3 Å². The molecule has 0 aliphatic carbocycles. The number of rotatable bonds is 7. The number of aryl methyl sites for hydroxylation is 1. The standard InChI is InChI=1S/C19H22N2O3S/c1-5-21(10-13(2)3)17(22)11-24-19(23)16-12-25-18(20-16)15-8-6-14(4)7-9-15/h6-9,12H,2,5,10-11H2,1,3-4H3. The third kappa shape index (κ3) is 5.26. The molecule has 25 heavy (non-hydrogen) atoms. The van der Waals surface area contributed by atoms with Crippen molar-refractivity contribution in [3.63, 3.8) is 0 Å². The van der Waals surface area contributed by atoms with E-state index >= 15 is 0 Å². The average Bonchev–Trinajstić information content (AvgIpc) is 3.07. The summed E-state index contributed by atoms with van der Waals surface area (Å²) in [5.74, 6) is -0.831. The van der Waals surface area contributed by atoms with E-state index < -0.39 is 5.97 Å². The Labute approximate surface area is 152 Å². The largest absolute Gasteiger partial charge is 0.451 e. The van der Waals surface area contributed by atoms with E-state index in [9.17, 15) is 9.59 Å². The monoisotopic (exact) mass is 358 g/mol. The second-order valence-corrected chi connectivity index (χ2v) is 6.70. The Balaban J connectivity index is 1.96. The zero-order chi connectivity index (χ0) is 18.4. The van der Waals surface area contributed by atoms with Gasteiger partial charge < -0.3 is 9.64 Å². The molecule has 0 spiro atoms. The highest BCUT2D eigenvalue weighted by molar-refractivity contribution is 7.13. The minimum absolute atomic E-state index is 0.219. The molecule has 0 saturated carbocycles. The summed E-state index contributed by atoms with van der Waals surface area (Å²) in [4.78, 5) is 30.1. The van der Waals surface area contributed by atoms with Crippen LogP contribution in [0.5, 0.6) is 0 Å². The first kappa shape index (κ1) is 18.9. The van der Waals surface area contributed by atoms with Crippen LogP contribution in [0.2, 0.25) is 0 Å². The maximum atomic E-state index is 12.1. The van der Waals surface area contributed by atoms with Gasteiger partial charge in [-0.05, 0) is 20.8 Å². The number of likely N-dealkylation sites (N-methyl/N-ethyl adjacent to an activating group) is 1. The lowest BCUT2D eigenvalue weighted by molar-refractivity contribution is -0.133. The van der Waals surface area contributed by atoms with Crippen molar-refractivity contribution in [3.8, 4) is 10.6 Å². The number of thiazole rings is 1. The lowest BCUT2D eigenvalue weighted by atomic mass is 10.2. The summed E-state index contributed by atoms with van der Waals surface area (Å²) in [6.45, 7) is 10.2. The maximum Gasteiger partial charge on any atom is 0.358 e. The number of hydrogen-bond donors (Lipinski definition) is 0. The molecule has 6 heteroatoms. The first-order valence-electron chi connectivity index (χ1n) is 8.02. The molecule has 5 nitrogen and oxygen atoms in total. The second-order valence-electron chi connectivity index (χ2n) is 5.85. The minimum Gasteiger partial charge on any atom is -0.451 e. The predicted molar refractivity (Wildman–Crippen MR) is 99.6 cm³/mol. The third-order valence-electron chi connectivity index (χ3n) is 3.53. The Bertz CT molecular complexity index is 765. The Morgan fingerprint density at radius 3 is 2.56 bits per heavy atom. The van der Waals surface area contributed by atoms with Gasteiger partial charge in [0.05, 0.1) is 0 Å². The molecule has 1 aromatic heterocycles. The van der Waals surface area contributed by atoms with Gasteiger partial charge in [-0.25, -0.2) is 9.78 Å². The fraction of sp³-hybridized carbons (Fsp3) is 0.316. The smallest absolute Gasteiger partial charge is 0.358 e. The van der Waals surface area contributed by atoms with Crippen molar-refractivity contribution in [2.45, 2.75) is 20.8 Å². The maximum absolute atomic E-state index is 12.1. The first-order chi connectivity index (χ1) is 11.9. The van der Waals surface area contributed by atoms with E-state index in [4.69, 9.17) is 4.74 Å². The zero-order valence-electron chi connectivity index (χ0n) is 14.7. The van der Waals surface area contributed by atoms with Gasteiger partial charge in [0.2, 0.25) is 0 Å². The van der Waals surface area contributed by atoms with Gasteiger partial charge >= 0.3 is 5.97 Å². The molecule has 1 heterocycles. The molecule has 132 valence electrons. The van der Waals surface area contributed by atoms with Gasteiger partial charge in [0.1, 0.15) is 5.01 Å². The molecule has 1 aromatic carbocycles. The first-order valence-corrected chi connectivity index (χ1v) is 8.90. The summed E-state index contributed by atoms with van der Waals surface area (Å²) in [5.41, 5.74) is 3.21. The highest BCUT2D eigenvalue weighted by Crippen LogP contribution is 2.24. The molecule has 0 atom stereocenters. The lowest BCUT2D eigenvalue weighted by Crippen LogP contribution is -2.35. The lowest BCUT2D eigenvalue weighted by Gasteiger charge is -2.20. The van der Waals surface area contributed by atoms with Crippen molar-refractivity contribution in [3.05, 3.63) is 53.1 Å². The van der Waals surface area contributed by atoms with Crippen LogP contribution in [0.15, 0.2) is 41.8 Å². The van der Waals surface area contributed by atoms with Crippen molar-refractivity contribution >= 4 is 23.2 Å². The van der Waals surface area contributed by atoms with E-state index in [-0.39, 0.29) is 18.2 Å². The Morgan fingerprint density at radius 1 is 1.28 bits per heavy atom. The van der Waals surface area contributed by atoms with Crippen LogP contribution in [0.25, 0.3) is 10.6 Å². The van der Waals surface area contributed by atoms with E-state index in [0.29, 0.717) is 13.1 Å². The Morgan fingerprint density at radius 2 is 1.96 bits per heavy atom. The SMILES string of the molecule is C=C(C)CN(CC)C(=O)COC(=O)c1csc(-c2ccc(C)cc2)n1. The number of nitrogens with zero attached hydrogens (tertiary/aromatic N) is 2. The van der Waals surface area contributed by atoms with Gasteiger partial charge in [0.15, 0.2) is 12.3 Å². The van der Waals surface area contributed by atoms with Gasteiger partial charge in [-0.15, -0.1) is 11.3 Å². The van der Waals surface area contributed by atoms with Gasteiger partial charge in [-0.1, -0.05) is 42.0 Å². The van der Waals surface area contributed by atoms with Crippen LogP contribution in [0, 0.1) is 6.92 Å². The summed E-state index contributed by atoms with van der Waals surface area (Å²) in [5, 5.41) is 2.39. The molecule has 1 amide bonds. The van der Waals surface area contributed by atoms with Crippen molar-refractivity contribution < 1.29 is 14.3 Å². The minimum atomic E-state index is -0.589. The molecule has 2 rings (SSSR count). The molecule has 0 unspecified atom stereocenters. The van der Waals surface area contributed by atoms with Gasteiger partial charge in [0, 0.05) is 24.0 Å². The average molecular weight is 358 g/mol. The number of esters is 1. The van der Waals surface area contributed by atoms with Crippen LogP contribution in [0.3, 0.4) is 0 Å². The van der Waals surface area contributed by atoms with Crippen molar-refractivity contribution in [1.82, 2.24) is 9.88 Å². The van der Waals surface area contributed by atoms with Gasteiger partial charge in [-0.2, -0.15) is 0 Å². The van der Waals surface area contributed by atoms with Crippen molar-refractivity contribution in [1.29, 1.82) is 0 Å². The highest BCUT2D eigenvalue weighted by Gasteiger charge is 2.17. The number of aromatic nitrogens is 1. The number of ether oxygens (including phenoxy) is 1. The molecular formula is C19H22N2O3S. The fourth-order valence-corrected chi connectivity index (χ4v) is 2.99. The Kier molecular flexibility index (Phi) is 6.47. The van der Waals surface area contributed by atoms with Crippen LogP contribution < -0.4 is 0 Å². The molecule has 0 fully saturated rings. The second kappa shape index (κ2) is 8.58. The van der Waals surface area contributed by atoms with E-state index in [1.807, 2.05) is 45.0 Å². The molecule has 0 saturated heterocycles. The van der Waals surface area contributed by atoms with Crippen LogP contribution in [-0.4, -0.2) is 41.5 Å². The number of carbonyl (C=O) groups excluding carboxylic acids is 2. The topological polar surface area (TPSA) is 59.5 Å². The molecule has 0 N–H and O–H groups in total. The fourth-order valence-electron chi connectivity index (χ4n) is 2.19. The third-order valence-corrected chi connectivity index (χ3v) is 4.43. The van der Waals surface area contributed by atoms with Crippen LogP contribution >= 0.6 is 11.3 Å². The van der Waals surface area contributed by atoms with Crippen molar-refractivity contribution in [2.24, 2.45) is 0 Å². The van der Waals surface area contributed by atoms with Crippen LogP contribution in [0.1, 0.15) is 29.9 Å². The van der Waals surface area contributed by atoms with Crippen LogP contribution in [0.4, 0.5) is 0 Å². The van der Waals surface area contributed by atoms with E-state index in [2.05, 4.69) is 11.6 Å². The summed E-state index contributed by atoms with van der Waals surface area (Å²) in [6, 6.07) is 7.91. The van der Waals surface area contributed by atoms with E-state index in [1.54, 1.807) is 10.3 Å². The molecule has 0 bridgehead atoms. The summed E-state index contributed by atoms with van der Waals surface area (Å²) >= 11 is 1.37. The zero-order valence-corrected chi connectivity index (χ0v) is 15.6. The summed E-state index contributed by atoms with van der Waals surface area (Å²) in [7, 11) is 0. The molecule has 0 aliphatic heterocycles. The normalized spacial score (nSPS) is 10.4. The number of carbonyl (C=O) groups is 2. The number of hydrogen-bond acceptors (Lipinski definition) is 5. The molecular weight excluding hydrogens is 336 g/mol. The van der Waals surface area contributed by atoms with Gasteiger partial charge in [-0.3, -0.25) is 4.79 Å². The number of benzene rings is 1. The molecule has 2 aromatic rings.